The van der Waals surface area contributed by atoms with Crippen molar-refractivity contribution in [1.29, 1.82) is 0 Å². The minimum Gasteiger partial charge on any atom is -0.388 e. The highest BCUT2D eigenvalue weighted by atomic mass is 16.3. The Hall–Kier alpha value is -1.35. The Kier molecular flexibility index (Phi) is 5.80. The van der Waals surface area contributed by atoms with E-state index in [1.807, 2.05) is 11.0 Å². The molecule has 0 saturated carbocycles. The first kappa shape index (κ1) is 16.0. The van der Waals surface area contributed by atoms with Gasteiger partial charge in [-0.1, -0.05) is 51.3 Å². The number of nitrogens with zero attached hydrogens (tertiary/aromatic N) is 1. The molecule has 1 aliphatic rings. The summed E-state index contributed by atoms with van der Waals surface area (Å²) >= 11 is 0. The van der Waals surface area contributed by atoms with Gasteiger partial charge in [0.25, 0.3) is 0 Å². The Labute approximate surface area is 128 Å². The van der Waals surface area contributed by atoms with Gasteiger partial charge >= 0.3 is 0 Å². The molecular formula is C18H27NO2. The fraction of sp³-hybridized carbons (Fsp3) is 0.611. The number of rotatable bonds is 7. The van der Waals surface area contributed by atoms with Crippen LogP contribution in [0.15, 0.2) is 18.2 Å². The van der Waals surface area contributed by atoms with Crippen molar-refractivity contribution in [3.63, 3.8) is 0 Å². The zero-order valence-electron chi connectivity index (χ0n) is 13.3. The lowest BCUT2D eigenvalue weighted by Crippen LogP contribution is -2.24. The number of aliphatic hydroxyl groups is 1. The molecule has 3 nitrogen and oxygen atoms in total. The van der Waals surface area contributed by atoms with E-state index in [-0.39, 0.29) is 12.0 Å². The Balaban J connectivity index is 2.00. The second-order valence-corrected chi connectivity index (χ2v) is 6.04. The van der Waals surface area contributed by atoms with E-state index >= 15 is 0 Å². The molecule has 3 heteroatoms. The average Bonchev–Trinajstić information content (AvgIpc) is 2.93. The van der Waals surface area contributed by atoms with Crippen LogP contribution in [0, 0.1) is 0 Å². The van der Waals surface area contributed by atoms with Gasteiger partial charge in [0.2, 0.25) is 5.91 Å². The fourth-order valence-corrected chi connectivity index (χ4v) is 2.85. The number of amides is 1. The molecule has 0 radical (unpaired) electrons. The number of hydrogen-bond donors (Lipinski definition) is 1. The van der Waals surface area contributed by atoms with E-state index in [9.17, 15) is 9.90 Å². The topological polar surface area (TPSA) is 40.5 Å². The summed E-state index contributed by atoms with van der Waals surface area (Å²) < 4.78 is 0. The summed E-state index contributed by atoms with van der Waals surface area (Å²) in [5.74, 6) is 0.251. The molecule has 0 bridgehead atoms. The van der Waals surface area contributed by atoms with Crippen LogP contribution in [0.2, 0.25) is 0 Å². The lowest BCUT2D eigenvalue weighted by atomic mass is 10.00. The molecule has 2 rings (SSSR count). The van der Waals surface area contributed by atoms with Crippen LogP contribution in [0.4, 0.5) is 0 Å². The molecule has 1 heterocycles. The van der Waals surface area contributed by atoms with Crippen LogP contribution in [-0.2, 0) is 17.9 Å². The third-order valence-electron chi connectivity index (χ3n) is 4.27. The van der Waals surface area contributed by atoms with Gasteiger partial charge in [-0.3, -0.25) is 4.79 Å². The van der Waals surface area contributed by atoms with Crippen LogP contribution in [-0.4, -0.2) is 15.9 Å². The lowest BCUT2D eigenvalue weighted by molar-refractivity contribution is -0.131. The first-order valence-electron chi connectivity index (χ1n) is 8.23. The third-order valence-corrected chi connectivity index (χ3v) is 4.27. The number of aliphatic hydroxyl groups excluding tert-OH is 1. The number of fused-ring (bicyclic) bond motifs is 1. The van der Waals surface area contributed by atoms with E-state index in [2.05, 4.69) is 26.0 Å². The molecule has 1 aromatic carbocycles. The molecule has 1 aromatic rings. The standard InChI is InChI=1S/C18H27NO2/c1-3-5-7-17(20)14-9-10-15-12-19(13-16(15)11-14)18(21)8-6-4-2/h9-11,17,20H,3-8,12-13H2,1-2H3. The molecule has 1 aliphatic heterocycles. The Morgan fingerprint density at radius 2 is 1.90 bits per heavy atom. The van der Waals surface area contributed by atoms with E-state index in [4.69, 9.17) is 0 Å². The largest absolute Gasteiger partial charge is 0.388 e. The number of benzene rings is 1. The van der Waals surface area contributed by atoms with Gasteiger partial charge in [-0.15, -0.1) is 0 Å². The normalized spacial score (nSPS) is 15.1. The summed E-state index contributed by atoms with van der Waals surface area (Å²) in [7, 11) is 0. The smallest absolute Gasteiger partial charge is 0.223 e. The number of carbonyl (C=O) groups is 1. The summed E-state index contributed by atoms with van der Waals surface area (Å²) in [6.07, 6.45) is 5.25. The van der Waals surface area contributed by atoms with E-state index in [1.165, 1.54) is 11.1 Å². The van der Waals surface area contributed by atoms with E-state index in [0.29, 0.717) is 13.0 Å². The van der Waals surface area contributed by atoms with Crippen LogP contribution >= 0.6 is 0 Å². The Bertz CT molecular complexity index is 484. The molecule has 1 amide bonds. The summed E-state index contributed by atoms with van der Waals surface area (Å²) in [4.78, 5) is 14.0. The SMILES string of the molecule is CCCCC(=O)N1Cc2ccc(C(O)CCCC)cc2C1. The molecule has 0 aromatic heterocycles. The molecule has 0 saturated heterocycles. The molecule has 1 atom stereocenters. The zero-order chi connectivity index (χ0) is 15.2. The van der Waals surface area contributed by atoms with Crippen molar-refractivity contribution in [3.8, 4) is 0 Å². The molecule has 116 valence electrons. The van der Waals surface area contributed by atoms with E-state index in [1.54, 1.807) is 0 Å². The van der Waals surface area contributed by atoms with Gasteiger partial charge in [-0.05, 0) is 29.5 Å². The molecule has 1 N–H and O–H groups in total. The predicted octanol–water partition coefficient (Wildman–Crippen LogP) is 3.94. The lowest BCUT2D eigenvalue weighted by Gasteiger charge is -2.14. The monoisotopic (exact) mass is 289 g/mol. The molecule has 0 aliphatic carbocycles. The van der Waals surface area contributed by atoms with Gasteiger partial charge in [0.05, 0.1) is 6.10 Å². The quantitative estimate of drug-likeness (QED) is 0.826. The maximum atomic E-state index is 12.1. The van der Waals surface area contributed by atoms with Crippen molar-refractivity contribution >= 4 is 5.91 Å². The van der Waals surface area contributed by atoms with Crippen molar-refractivity contribution in [2.75, 3.05) is 0 Å². The highest BCUT2D eigenvalue weighted by molar-refractivity contribution is 5.77. The van der Waals surface area contributed by atoms with Crippen molar-refractivity contribution in [3.05, 3.63) is 34.9 Å². The van der Waals surface area contributed by atoms with Crippen molar-refractivity contribution in [1.82, 2.24) is 4.90 Å². The summed E-state index contributed by atoms with van der Waals surface area (Å²) in [6, 6.07) is 6.18. The molecule has 21 heavy (non-hydrogen) atoms. The molecule has 0 spiro atoms. The van der Waals surface area contributed by atoms with E-state index in [0.717, 1.165) is 44.2 Å². The second kappa shape index (κ2) is 7.60. The first-order valence-corrected chi connectivity index (χ1v) is 8.23. The minimum absolute atomic E-state index is 0.251. The number of unbranched alkanes of at least 4 members (excludes halogenated alkanes) is 2. The molecule has 1 unspecified atom stereocenters. The first-order chi connectivity index (χ1) is 10.2. The van der Waals surface area contributed by atoms with E-state index < -0.39 is 0 Å². The zero-order valence-corrected chi connectivity index (χ0v) is 13.3. The van der Waals surface area contributed by atoms with Crippen LogP contribution in [0.5, 0.6) is 0 Å². The number of carbonyl (C=O) groups excluding carboxylic acids is 1. The van der Waals surface area contributed by atoms with Crippen molar-refractivity contribution in [2.45, 2.75) is 71.6 Å². The summed E-state index contributed by atoms with van der Waals surface area (Å²) in [6.45, 7) is 5.67. The minimum atomic E-state index is -0.375. The number of hydrogen-bond acceptors (Lipinski definition) is 2. The van der Waals surface area contributed by atoms with Gasteiger partial charge < -0.3 is 10.0 Å². The Morgan fingerprint density at radius 1 is 1.19 bits per heavy atom. The molecular weight excluding hydrogens is 262 g/mol. The third kappa shape index (κ3) is 4.07. The van der Waals surface area contributed by atoms with Gasteiger partial charge in [-0.2, -0.15) is 0 Å². The van der Waals surface area contributed by atoms with Crippen LogP contribution in [0.3, 0.4) is 0 Å². The van der Waals surface area contributed by atoms with Gasteiger partial charge in [0.1, 0.15) is 0 Å². The maximum Gasteiger partial charge on any atom is 0.223 e. The van der Waals surface area contributed by atoms with Crippen LogP contribution in [0.1, 0.15) is 75.2 Å². The predicted molar refractivity (Wildman–Crippen MR) is 84.7 cm³/mol. The van der Waals surface area contributed by atoms with Crippen molar-refractivity contribution in [2.24, 2.45) is 0 Å². The van der Waals surface area contributed by atoms with Crippen LogP contribution < -0.4 is 0 Å². The van der Waals surface area contributed by atoms with Gasteiger partial charge in [-0.25, -0.2) is 0 Å². The van der Waals surface area contributed by atoms with Crippen LogP contribution in [0.25, 0.3) is 0 Å². The van der Waals surface area contributed by atoms with Crippen molar-refractivity contribution < 1.29 is 9.90 Å². The summed E-state index contributed by atoms with van der Waals surface area (Å²) in [5, 5.41) is 10.2. The second-order valence-electron chi connectivity index (χ2n) is 6.04. The van der Waals surface area contributed by atoms with Gasteiger partial charge in [0, 0.05) is 19.5 Å². The highest BCUT2D eigenvalue weighted by Gasteiger charge is 2.23. The maximum absolute atomic E-state index is 12.1. The van der Waals surface area contributed by atoms with Gasteiger partial charge in [0.15, 0.2) is 0 Å². The molecule has 0 fully saturated rings. The average molecular weight is 289 g/mol. The highest BCUT2D eigenvalue weighted by Crippen LogP contribution is 2.28. The summed E-state index contributed by atoms with van der Waals surface area (Å²) in [5.41, 5.74) is 3.42. The fourth-order valence-electron chi connectivity index (χ4n) is 2.85. The Morgan fingerprint density at radius 3 is 2.62 bits per heavy atom.